The van der Waals surface area contributed by atoms with Crippen molar-refractivity contribution in [2.45, 2.75) is 11.5 Å². The van der Waals surface area contributed by atoms with Gasteiger partial charge in [-0.1, -0.05) is 30.3 Å². The molecule has 0 saturated heterocycles. The first kappa shape index (κ1) is 20.1. The van der Waals surface area contributed by atoms with E-state index in [1.165, 1.54) is 30.6 Å². The van der Waals surface area contributed by atoms with E-state index in [2.05, 4.69) is 4.98 Å². The molecule has 2 heterocycles. The number of hydrogen-bond acceptors (Lipinski definition) is 7. The number of benzene rings is 2. The lowest BCUT2D eigenvalue weighted by Gasteiger charge is -2.06. The van der Waals surface area contributed by atoms with Gasteiger partial charge in [0, 0.05) is 12.3 Å². The standard InChI is InChI=1S/C21H18N2O5S2/c1-27-21(24)20-18(28-12-14-6-4-3-5-7-14)11-19(29-20)23-13-22-16-10-15(30(2,25)26)8-9-17(16)23/h3-11,13H,12H2,1-2H3. The lowest BCUT2D eigenvalue weighted by molar-refractivity contribution is 0.0601. The molecule has 0 N–H and O–H groups in total. The fourth-order valence-corrected chi connectivity index (χ4v) is 4.60. The van der Waals surface area contributed by atoms with Crippen LogP contribution in [0.4, 0.5) is 0 Å². The number of sulfone groups is 1. The minimum absolute atomic E-state index is 0.202. The van der Waals surface area contributed by atoms with E-state index in [1.807, 2.05) is 30.3 Å². The number of imidazole rings is 1. The zero-order valence-corrected chi connectivity index (χ0v) is 17.9. The van der Waals surface area contributed by atoms with E-state index >= 15 is 0 Å². The summed E-state index contributed by atoms with van der Waals surface area (Å²) in [6.07, 6.45) is 2.74. The second-order valence-electron chi connectivity index (χ2n) is 6.58. The second-order valence-corrected chi connectivity index (χ2v) is 9.63. The van der Waals surface area contributed by atoms with Crippen molar-refractivity contribution in [1.29, 1.82) is 0 Å². The molecule has 0 fully saturated rings. The molecule has 0 aliphatic carbocycles. The van der Waals surface area contributed by atoms with Gasteiger partial charge in [0.05, 0.1) is 23.0 Å². The molecule has 0 bridgehead atoms. The highest BCUT2D eigenvalue weighted by atomic mass is 32.2. The number of hydrogen-bond donors (Lipinski definition) is 0. The molecule has 2 aromatic heterocycles. The fourth-order valence-electron chi connectivity index (χ4n) is 2.96. The van der Waals surface area contributed by atoms with Gasteiger partial charge in [0.1, 0.15) is 23.7 Å². The Morgan fingerprint density at radius 3 is 2.60 bits per heavy atom. The molecule has 9 heteroatoms. The minimum Gasteiger partial charge on any atom is -0.487 e. The van der Waals surface area contributed by atoms with Crippen LogP contribution < -0.4 is 4.74 Å². The molecule has 0 radical (unpaired) electrons. The largest absolute Gasteiger partial charge is 0.487 e. The quantitative estimate of drug-likeness (QED) is 0.422. The van der Waals surface area contributed by atoms with Crippen molar-refractivity contribution in [3.05, 3.63) is 71.4 Å². The van der Waals surface area contributed by atoms with Crippen LogP contribution in [0.2, 0.25) is 0 Å². The minimum atomic E-state index is -3.33. The van der Waals surface area contributed by atoms with Crippen LogP contribution in [-0.4, -0.2) is 37.3 Å². The number of carbonyl (C=O) groups is 1. The average molecular weight is 443 g/mol. The number of thiophene rings is 1. The highest BCUT2D eigenvalue weighted by Gasteiger charge is 2.21. The van der Waals surface area contributed by atoms with Crippen LogP contribution in [-0.2, 0) is 21.2 Å². The van der Waals surface area contributed by atoms with Crippen molar-refractivity contribution in [3.8, 4) is 10.8 Å². The van der Waals surface area contributed by atoms with Gasteiger partial charge in [-0.2, -0.15) is 0 Å². The summed E-state index contributed by atoms with van der Waals surface area (Å²) >= 11 is 1.21. The van der Waals surface area contributed by atoms with Crippen LogP contribution in [0.5, 0.6) is 5.75 Å². The summed E-state index contributed by atoms with van der Waals surface area (Å²) in [6.45, 7) is 0.309. The number of carbonyl (C=O) groups excluding carboxylic acids is 1. The van der Waals surface area contributed by atoms with Gasteiger partial charge in [0.2, 0.25) is 0 Å². The zero-order chi connectivity index (χ0) is 21.3. The first-order valence-corrected chi connectivity index (χ1v) is 11.6. The third-order valence-corrected chi connectivity index (χ3v) is 6.68. The summed E-state index contributed by atoms with van der Waals surface area (Å²) in [5.41, 5.74) is 2.23. The van der Waals surface area contributed by atoms with Crippen LogP contribution in [0, 0.1) is 0 Å². The molecular formula is C21H18N2O5S2. The molecule has 0 spiro atoms. The van der Waals surface area contributed by atoms with Gasteiger partial charge in [-0.05, 0) is 23.8 Å². The van der Waals surface area contributed by atoms with Crippen LogP contribution in [0.15, 0.2) is 65.8 Å². The Bertz CT molecular complexity index is 1320. The summed E-state index contributed by atoms with van der Waals surface area (Å²) in [4.78, 5) is 17.1. The Hall–Kier alpha value is -3.17. The van der Waals surface area contributed by atoms with Crippen LogP contribution in [0.1, 0.15) is 15.2 Å². The van der Waals surface area contributed by atoms with E-state index in [0.29, 0.717) is 27.8 Å². The smallest absolute Gasteiger partial charge is 0.351 e. The lowest BCUT2D eigenvalue weighted by atomic mass is 10.2. The molecule has 0 amide bonds. The first-order chi connectivity index (χ1) is 14.4. The number of rotatable bonds is 6. The molecule has 4 rings (SSSR count). The molecular weight excluding hydrogens is 424 g/mol. The van der Waals surface area contributed by atoms with Gasteiger partial charge >= 0.3 is 5.97 Å². The maximum atomic E-state index is 12.3. The normalized spacial score (nSPS) is 11.5. The van der Waals surface area contributed by atoms with Gasteiger partial charge in [-0.3, -0.25) is 4.57 Å². The SMILES string of the molecule is COC(=O)c1sc(-n2cnc3cc(S(C)(=O)=O)ccc32)cc1OCc1ccccc1. The molecule has 2 aromatic carbocycles. The Labute approximate surface area is 177 Å². The molecule has 154 valence electrons. The second kappa shape index (κ2) is 7.92. The third-order valence-electron chi connectivity index (χ3n) is 4.48. The summed E-state index contributed by atoms with van der Waals surface area (Å²) in [5, 5.41) is 0.702. The van der Waals surface area contributed by atoms with Crippen molar-refractivity contribution < 1.29 is 22.7 Å². The number of fused-ring (bicyclic) bond motifs is 1. The van der Waals surface area contributed by atoms with Gasteiger partial charge in [-0.25, -0.2) is 18.2 Å². The summed E-state index contributed by atoms with van der Waals surface area (Å²) in [7, 11) is -2.01. The van der Waals surface area contributed by atoms with Gasteiger partial charge in [0.15, 0.2) is 14.7 Å². The summed E-state index contributed by atoms with van der Waals surface area (Å²) in [6, 6.07) is 16.2. The van der Waals surface area contributed by atoms with E-state index in [-0.39, 0.29) is 4.90 Å². The Balaban J connectivity index is 1.72. The Kier molecular flexibility index (Phi) is 5.31. The number of methoxy groups -OCH3 is 1. The van der Waals surface area contributed by atoms with Crippen molar-refractivity contribution in [1.82, 2.24) is 9.55 Å². The van der Waals surface area contributed by atoms with Gasteiger partial charge in [0.25, 0.3) is 0 Å². The van der Waals surface area contributed by atoms with Crippen molar-refractivity contribution in [3.63, 3.8) is 0 Å². The molecule has 0 atom stereocenters. The maximum absolute atomic E-state index is 12.3. The van der Waals surface area contributed by atoms with E-state index in [4.69, 9.17) is 9.47 Å². The van der Waals surface area contributed by atoms with Crippen molar-refractivity contribution in [2.24, 2.45) is 0 Å². The number of esters is 1. The zero-order valence-electron chi connectivity index (χ0n) is 16.2. The van der Waals surface area contributed by atoms with Crippen LogP contribution >= 0.6 is 11.3 Å². The highest BCUT2D eigenvalue weighted by Crippen LogP contribution is 2.35. The molecule has 0 saturated carbocycles. The molecule has 0 aliphatic heterocycles. The fraction of sp³-hybridized carbons (Fsp3) is 0.143. The van der Waals surface area contributed by atoms with E-state index < -0.39 is 15.8 Å². The molecule has 7 nitrogen and oxygen atoms in total. The van der Waals surface area contributed by atoms with Crippen LogP contribution in [0.3, 0.4) is 0 Å². The van der Waals surface area contributed by atoms with E-state index in [1.54, 1.807) is 23.0 Å². The first-order valence-electron chi connectivity index (χ1n) is 8.93. The molecule has 4 aromatic rings. The highest BCUT2D eigenvalue weighted by molar-refractivity contribution is 7.90. The Morgan fingerprint density at radius 2 is 1.90 bits per heavy atom. The summed E-state index contributed by atoms with van der Waals surface area (Å²) in [5.74, 6) is -0.0709. The Morgan fingerprint density at radius 1 is 1.13 bits per heavy atom. The van der Waals surface area contributed by atoms with Gasteiger partial charge in [-0.15, -0.1) is 11.3 Å². The topological polar surface area (TPSA) is 87.5 Å². The van der Waals surface area contributed by atoms with Gasteiger partial charge < -0.3 is 9.47 Å². The monoisotopic (exact) mass is 442 g/mol. The third kappa shape index (κ3) is 3.94. The molecule has 0 aliphatic rings. The van der Waals surface area contributed by atoms with Crippen LogP contribution in [0.25, 0.3) is 16.0 Å². The number of aromatic nitrogens is 2. The number of nitrogens with zero attached hydrogens (tertiary/aromatic N) is 2. The lowest BCUT2D eigenvalue weighted by Crippen LogP contribution is -2.02. The average Bonchev–Trinajstić information content (AvgIpc) is 3.35. The van der Waals surface area contributed by atoms with E-state index in [0.717, 1.165) is 17.3 Å². The predicted octanol–water partition coefficient (Wildman–Crippen LogP) is 3.86. The molecule has 30 heavy (non-hydrogen) atoms. The predicted molar refractivity (Wildman–Crippen MR) is 114 cm³/mol. The van der Waals surface area contributed by atoms with Crippen molar-refractivity contribution >= 4 is 38.2 Å². The molecule has 0 unspecified atom stereocenters. The maximum Gasteiger partial charge on any atom is 0.351 e. The summed E-state index contributed by atoms with van der Waals surface area (Å²) < 4.78 is 36.2. The van der Waals surface area contributed by atoms with E-state index in [9.17, 15) is 13.2 Å². The number of ether oxygens (including phenoxy) is 2. The van der Waals surface area contributed by atoms with Crippen molar-refractivity contribution in [2.75, 3.05) is 13.4 Å².